The molecule has 0 aliphatic carbocycles. The van der Waals surface area contributed by atoms with Crippen LogP contribution in [-0.4, -0.2) is 19.2 Å². The summed E-state index contributed by atoms with van der Waals surface area (Å²) in [6.45, 7) is 2.26. The monoisotopic (exact) mass is 333 g/mol. The van der Waals surface area contributed by atoms with E-state index in [-0.39, 0.29) is 18.5 Å². The van der Waals surface area contributed by atoms with E-state index in [2.05, 4.69) is 6.07 Å². The molecule has 2 aromatic carbocycles. The first kappa shape index (κ1) is 16.8. The normalized spacial score (nSPS) is 19.7. The molecule has 0 saturated heterocycles. The van der Waals surface area contributed by atoms with Gasteiger partial charge < -0.3 is 9.47 Å². The number of carbonyl (C=O) groups excluding carboxylic acids is 1. The van der Waals surface area contributed by atoms with Gasteiger partial charge in [0, 0.05) is 11.5 Å². The quantitative estimate of drug-likeness (QED) is 0.796. The Balaban J connectivity index is 2.12. The SMILES string of the molecule is CCOC(=O)[C@H]1COC(c2ccccc2)=C(C#N)[C@@H]1c1ccccc1. The first-order valence-corrected chi connectivity index (χ1v) is 8.30. The first-order chi connectivity index (χ1) is 12.3. The zero-order valence-electron chi connectivity index (χ0n) is 14.0. The zero-order valence-corrected chi connectivity index (χ0v) is 14.0. The number of nitrogens with zero attached hydrogens (tertiary/aromatic N) is 1. The molecular formula is C21H19NO3. The average Bonchev–Trinajstić information content (AvgIpc) is 2.68. The number of ether oxygens (including phenoxy) is 2. The predicted octanol–water partition coefficient (Wildman–Crippen LogP) is 3.91. The maximum absolute atomic E-state index is 12.5. The Labute approximate surface area is 147 Å². The third-order valence-corrected chi connectivity index (χ3v) is 4.27. The Morgan fingerprint density at radius 3 is 2.40 bits per heavy atom. The van der Waals surface area contributed by atoms with Gasteiger partial charge in [0.2, 0.25) is 0 Å². The number of allylic oxidation sites excluding steroid dienone is 1. The molecule has 1 heterocycles. The van der Waals surface area contributed by atoms with Crippen LogP contribution in [0.4, 0.5) is 0 Å². The smallest absolute Gasteiger partial charge is 0.313 e. The molecule has 0 spiro atoms. The first-order valence-electron chi connectivity index (χ1n) is 8.30. The molecule has 0 bridgehead atoms. The van der Waals surface area contributed by atoms with Crippen LogP contribution in [0.25, 0.3) is 5.76 Å². The van der Waals surface area contributed by atoms with Crippen molar-refractivity contribution in [2.75, 3.05) is 13.2 Å². The average molecular weight is 333 g/mol. The van der Waals surface area contributed by atoms with Crippen LogP contribution in [-0.2, 0) is 14.3 Å². The van der Waals surface area contributed by atoms with Gasteiger partial charge in [-0.05, 0) is 12.5 Å². The third-order valence-electron chi connectivity index (χ3n) is 4.27. The Kier molecular flexibility index (Phi) is 5.15. The van der Waals surface area contributed by atoms with Gasteiger partial charge in [0.05, 0.1) is 18.2 Å². The lowest BCUT2D eigenvalue weighted by atomic mass is 9.78. The predicted molar refractivity (Wildman–Crippen MR) is 94.2 cm³/mol. The lowest BCUT2D eigenvalue weighted by Gasteiger charge is -2.32. The Hall–Kier alpha value is -3.06. The number of nitriles is 1. The molecule has 1 aliphatic rings. The molecule has 3 rings (SSSR count). The van der Waals surface area contributed by atoms with E-state index in [1.54, 1.807) is 6.92 Å². The third kappa shape index (κ3) is 3.41. The van der Waals surface area contributed by atoms with Gasteiger partial charge in [-0.25, -0.2) is 0 Å². The van der Waals surface area contributed by atoms with Crippen molar-refractivity contribution in [3.8, 4) is 6.07 Å². The second kappa shape index (κ2) is 7.67. The highest BCUT2D eigenvalue weighted by Crippen LogP contribution is 2.41. The van der Waals surface area contributed by atoms with Crippen LogP contribution >= 0.6 is 0 Å². The highest BCUT2D eigenvalue weighted by molar-refractivity contribution is 5.79. The van der Waals surface area contributed by atoms with E-state index in [9.17, 15) is 10.1 Å². The highest BCUT2D eigenvalue weighted by atomic mass is 16.5. The molecule has 4 heteroatoms. The molecule has 0 unspecified atom stereocenters. The van der Waals surface area contributed by atoms with E-state index in [1.807, 2.05) is 60.7 Å². The van der Waals surface area contributed by atoms with E-state index in [0.29, 0.717) is 17.9 Å². The maximum atomic E-state index is 12.5. The van der Waals surface area contributed by atoms with Crippen LogP contribution in [0.3, 0.4) is 0 Å². The van der Waals surface area contributed by atoms with Crippen molar-refractivity contribution in [3.05, 3.63) is 77.4 Å². The Morgan fingerprint density at radius 1 is 1.16 bits per heavy atom. The largest absolute Gasteiger partial charge is 0.491 e. The van der Waals surface area contributed by atoms with Crippen molar-refractivity contribution in [3.63, 3.8) is 0 Å². The molecular weight excluding hydrogens is 314 g/mol. The number of rotatable bonds is 4. The number of carbonyl (C=O) groups is 1. The van der Waals surface area contributed by atoms with Gasteiger partial charge in [-0.2, -0.15) is 5.26 Å². The summed E-state index contributed by atoms with van der Waals surface area (Å²) >= 11 is 0. The molecule has 25 heavy (non-hydrogen) atoms. The van der Waals surface area contributed by atoms with Crippen molar-refractivity contribution in [1.82, 2.24) is 0 Å². The van der Waals surface area contributed by atoms with Gasteiger partial charge in [0.25, 0.3) is 0 Å². The molecule has 2 atom stereocenters. The van der Waals surface area contributed by atoms with Gasteiger partial charge in [0.15, 0.2) is 0 Å². The summed E-state index contributed by atoms with van der Waals surface area (Å²) < 4.78 is 11.1. The van der Waals surface area contributed by atoms with E-state index in [0.717, 1.165) is 11.1 Å². The van der Waals surface area contributed by atoms with Crippen molar-refractivity contribution in [2.45, 2.75) is 12.8 Å². The van der Waals surface area contributed by atoms with Gasteiger partial charge in [0.1, 0.15) is 18.3 Å². The molecule has 126 valence electrons. The maximum Gasteiger partial charge on any atom is 0.313 e. The van der Waals surface area contributed by atoms with Crippen molar-refractivity contribution >= 4 is 11.7 Å². The summed E-state index contributed by atoms with van der Waals surface area (Å²) in [7, 11) is 0. The number of benzene rings is 2. The summed E-state index contributed by atoms with van der Waals surface area (Å²) in [5, 5.41) is 9.84. The lowest BCUT2D eigenvalue weighted by Crippen LogP contribution is -2.33. The highest BCUT2D eigenvalue weighted by Gasteiger charge is 2.40. The molecule has 1 aliphatic heterocycles. The summed E-state index contributed by atoms with van der Waals surface area (Å²) in [4.78, 5) is 12.5. The molecule has 0 radical (unpaired) electrons. The number of hydrogen-bond acceptors (Lipinski definition) is 4. The van der Waals surface area contributed by atoms with Gasteiger partial charge in [-0.3, -0.25) is 4.79 Å². The Morgan fingerprint density at radius 2 is 1.80 bits per heavy atom. The summed E-state index contributed by atoms with van der Waals surface area (Å²) in [5.41, 5.74) is 2.21. The minimum Gasteiger partial charge on any atom is -0.491 e. The van der Waals surface area contributed by atoms with Crippen LogP contribution in [0.1, 0.15) is 24.0 Å². The van der Waals surface area contributed by atoms with Crippen LogP contribution in [0.2, 0.25) is 0 Å². The second-order valence-corrected chi connectivity index (χ2v) is 5.78. The summed E-state index contributed by atoms with van der Waals surface area (Å²) in [5.74, 6) is -0.715. The topological polar surface area (TPSA) is 59.3 Å². The Bertz CT molecular complexity index is 806. The minimum absolute atomic E-state index is 0.188. The fourth-order valence-corrected chi connectivity index (χ4v) is 3.15. The molecule has 0 N–H and O–H groups in total. The van der Waals surface area contributed by atoms with Crippen molar-refractivity contribution < 1.29 is 14.3 Å². The fraction of sp³-hybridized carbons (Fsp3) is 0.238. The van der Waals surface area contributed by atoms with E-state index >= 15 is 0 Å². The van der Waals surface area contributed by atoms with Gasteiger partial charge >= 0.3 is 5.97 Å². The standard InChI is InChI=1S/C21H19NO3/c1-2-24-21(23)18-14-25-20(16-11-7-4-8-12-16)17(13-22)19(18)15-9-5-3-6-10-15/h3-12,18-19H,2,14H2,1H3/t18-,19-/m0/s1. The second-order valence-electron chi connectivity index (χ2n) is 5.78. The minimum atomic E-state index is -0.538. The van der Waals surface area contributed by atoms with E-state index in [1.165, 1.54) is 0 Å². The molecule has 2 aromatic rings. The fourth-order valence-electron chi connectivity index (χ4n) is 3.15. The molecule has 0 amide bonds. The number of esters is 1. The lowest BCUT2D eigenvalue weighted by molar-refractivity contribution is -0.150. The van der Waals surface area contributed by atoms with Gasteiger partial charge in [-0.1, -0.05) is 60.7 Å². The molecule has 4 nitrogen and oxygen atoms in total. The van der Waals surface area contributed by atoms with Crippen LogP contribution in [0.5, 0.6) is 0 Å². The number of hydrogen-bond donors (Lipinski definition) is 0. The van der Waals surface area contributed by atoms with Crippen molar-refractivity contribution in [2.24, 2.45) is 5.92 Å². The molecule has 0 fully saturated rings. The van der Waals surface area contributed by atoms with E-state index < -0.39 is 5.92 Å². The van der Waals surface area contributed by atoms with Crippen molar-refractivity contribution in [1.29, 1.82) is 5.26 Å². The summed E-state index contributed by atoms with van der Waals surface area (Å²) in [6, 6.07) is 21.4. The molecule has 0 saturated carbocycles. The zero-order chi connectivity index (χ0) is 17.6. The summed E-state index contributed by atoms with van der Waals surface area (Å²) in [6.07, 6.45) is 0. The van der Waals surface area contributed by atoms with E-state index in [4.69, 9.17) is 9.47 Å². The van der Waals surface area contributed by atoms with Crippen LogP contribution in [0.15, 0.2) is 66.2 Å². The molecule has 0 aromatic heterocycles. The van der Waals surface area contributed by atoms with Crippen LogP contribution < -0.4 is 0 Å². The van der Waals surface area contributed by atoms with Gasteiger partial charge in [-0.15, -0.1) is 0 Å². The van der Waals surface area contributed by atoms with Crippen LogP contribution in [0, 0.1) is 17.2 Å².